The van der Waals surface area contributed by atoms with Crippen LogP contribution in [0.2, 0.25) is 0 Å². The summed E-state index contributed by atoms with van der Waals surface area (Å²) in [6.07, 6.45) is 5.10. The van der Waals surface area contributed by atoms with E-state index in [4.69, 9.17) is 51.6 Å². The summed E-state index contributed by atoms with van der Waals surface area (Å²) in [6, 6.07) is -1.61. The van der Waals surface area contributed by atoms with E-state index in [1.807, 2.05) is 13.8 Å². The number of amides is 8. The molecular weight excluding hydrogens is 985 g/mol. The van der Waals surface area contributed by atoms with Gasteiger partial charge < -0.3 is 93.1 Å². The van der Waals surface area contributed by atoms with Gasteiger partial charge in [-0.25, -0.2) is 0 Å². The van der Waals surface area contributed by atoms with Crippen molar-refractivity contribution in [3.8, 4) is 5.75 Å². The summed E-state index contributed by atoms with van der Waals surface area (Å²) in [6.45, 7) is 5.74. The lowest BCUT2D eigenvalue weighted by molar-refractivity contribution is -0.140. The first kappa shape index (κ1) is 67.2. The molecule has 1 aromatic rings. The summed E-state index contributed by atoms with van der Waals surface area (Å²) in [7, 11) is 0. The molecule has 0 aliphatic rings. The van der Waals surface area contributed by atoms with Gasteiger partial charge in [0.15, 0.2) is 11.9 Å². The summed E-state index contributed by atoms with van der Waals surface area (Å²) in [5.41, 5.74) is 51.4. The molecule has 0 spiro atoms. The third-order valence-electron chi connectivity index (χ3n) is 11.9. The minimum atomic E-state index is -1.41. The molecule has 430 valence electrons. The van der Waals surface area contributed by atoms with Crippen LogP contribution in [0.5, 0.6) is 5.75 Å². The van der Waals surface area contributed by atoms with Gasteiger partial charge in [-0.2, -0.15) is 0 Å². The molecule has 0 aliphatic carbocycles. The van der Waals surface area contributed by atoms with Crippen molar-refractivity contribution in [3.05, 3.63) is 29.8 Å². The van der Waals surface area contributed by atoms with Crippen LogP contribution in [0.25, 0.3) is 0 Å². The minimum Gasteiger partial charge on any atom is -0.508 e. The maximum absolute atomic E-state index is 14.3. The summed E-state index contributed by atoms with van der Waals surface area (Å²) in [5.74, 6) is -5.94. The van der Waals surface area contributed by atoms with Crippen LogP contribution in [-0.2, 0) is 44.8 Å². The molecule has 0 heterocycles. The number of phenolic OH excluding ortho intramolecular Hbond substituents is 1. The van der Waals surface area contributed by atoms with Crippen LogP contribution in [0, 0.1) is 5.92 Å². The van der Waals surface area contributed by atoms with Gasteiger partial charge in [-0.15, -0.1) is 0 Å². The number of nitrogens with one attached hydrogen (secondary N) is 5. The third-order valence-corrected chi connectivity index (χ3v) is 11.9. The van der Waals surface area contributed by atoms with Crippen molar-refractivity contribution in [3.63, 3.8) is 0 Å². The van der Waals surface area contributed by atoms with Crippen LogP contribution in [0.4, 0.5) is 0 Å². The largest absolute Gasteiger partial charge is 0.508 e. The van der Waals surface area contributed by atoms with Crippen LogP contribution in [0.3, 0.4) is 0 Å². The second-order valence-electron chi connectivity index (χ2n) is 19.1. The number of rotatable bonds is 40. The Labute approximate surface area is 446 Å². The molecule has 0 bridgehead atoms. The first-order valence-corrected chi connectivity index (χ1v) is 26.2. The minimum absolute atomic E-state index is 0.00731. The van der Waals surface area contributed by atoms with E-state index >= 15 is 0 Å². The summed E-state index contributed by atoms with van der Waals surface area (Å²) in [5, 5.41) is 23.4. The van der Waals surface area contributed by atoms with Crippen molar-refractivity contribution in [1.29, 1.82) is 0 Å². The number of aromatic hydroxyl groups is 1. The number of aliphatic imine (C=N–C) groups is 2. The predicted octanol–water partition coefficient (Wildman–Crippen LogP) is -4.00. The first-order valence-electron chi connectivity index (χ1n) is 26.2. The average molecular weight is 1080 g/mol. The van der Waals surface area contributed by atoms with Crippen LogP contribution in [0.15, 0.2) is 34.3 Å². The van der Waals surface area contributed by atoms with E-state index in [0.29, 0.717) is 44.2 Å². The van der Waals surface area contributed by atoms with E-state index in [-0.39, 0.29) is 101 Å². The second kappa shape index (κ2) is 37.8. The molecule has 0 saturated carbocycles. The number of guanidine groups is 2. The van der Waals surface area contributed by atoms with Crippen molar-refractivity contribution in [2.24, 2.45) is 67.5 Å². The molecule has 0 saturated heterocycles. The van der Waals surface area contributed by atoms with E-state index in [9.17, 15) is 43.5 Å². The molecule has 24 N–H and O–H groups in total. The topological polar surface area (TPSA) is 482 Å². The van der Waals surface area contributed by atoms with Crippen LogP contribution in [0.1, 0.15) is 110 Å². The lowest BCUT2D eigenvalue weighted by Gasteiger charge is -2.29. The van der Waals surface area contributed by atoms with Crippen molar-refractivity contribution in [2.75, 3.05) is 58.9 Å². The summed E-state index contributed by atoms with van der Waals surface area (Å²) in [4.78, 5) is 120. The van der Waals surface area contributed by atoms with Gasteiger partial charge in [0.25, 0.3) is 0 Å². The van der Waals surface area contributed by atoms with Gasteiger partial charge in [-0.1, -0.05) is 52.2 Å². The van der Waals surface area contributed by atoms with Crippen LogP contribution in [-0.4, -0.2) is 169 Å². The highest BCUT2D eigenvalue weighted by Gasteiger charge is 2.34. The van der Waals surface area contributed by atoms with E-state index < -0.39 is 96.6 Å². The normalized spacial score (nSPS) is 13.4. The fraction of sp³-hybridized carbons (Fsp3) is 0.673. The number of carbonyl (C=O) groups excluding carboxylic acids is 8. The average Bonchev–Trinajstić information content (AvgIpc) is 3.36. The zero-order valence-electron chi connectivity index (χ0n) is 44.8. The molecule has 0 aliphatic heterocycles. The molecule has 76 heavy (non-hydrogen) atoms. The van der Waals surface area contributed by atoms with Crippen molar-refractivity contribution >= 4 is 59.2 Å². The number of benzene rings is 1. The van der Waals surface area contributed by atoms with Gasteiger partial charge in [0.2, 0.25) is 47.3 Å². The Morgan fingerprint density at radius 2 is 1.05 bits per heavy atom. The lowest BCUT2D eigenvalue weighted by atomic mass is 10.0. The molecule has 27 nitrogen and oxygen atoms in total. The molecule has 0 unspecified atom stereocenters. The van der Waals surface area contributed by atoms with E-state index in [2.05, 4.69) is 36.6 Å². The molecular formula is C49H90N18O9. The quantitative estimate of drug-likeness (QED) is 0.0169. The van der Waals surface area contributed by atoms with E-state index in [0.717, 1.165) is 19.3 Å². The zero-order chi connectivity index (χ0) is 57.2. The maximum atomic E-state index is 14.3. The zero-order valence-corrected chi connectivity index (χ0v) is 44.8. The van der Waals surface area contributed by atoms with Crippen LogP contribution < -0.4 is 78.2 Å². The Morgan fingerprint density at radius 3 is 1.61 bits per heavy atom. The van der Waals surface area contributed by atoms with Crippen LogP contribution >= 0.6 is 0 Å². The van der Waals surface area contributed by atoms with Crippen molar-refractivity contribution < 1.29 is 43.5 Å². The van der Waals surface area contributed by atoms with E-state index in [1.54, 1.807) is 6.92 Å². The molecule has 0 aromatic heterocycles. The first-order chi connectivity index (χ1) is 36.1. The molecule has 1 aromatic carbocycles. The summed E-state index contributed by atoms with van der Waals surface area (Å²) >= 11 is 0. The van der Waals surface area contributed by atoms with Gasteiger partial charge >= 0.3 is 0 Å². The van der Waals surface area contributed by atoms with Gasteiger partial charge in [-0.05, 0) is 101 Å². The van der Waals surface area contributed by atoms with Crippen molar-refractivity contribution in [2.45, 2.75) is 147 Å². The third kappa shape index (κ3) is 28.2. The second-order valence-corrected chi connectivity index (χ2v) is 19.1. The Kier molecular flexibility index (Phi) is 33.4. The molecule has 6 atom stereocenters. The number of phenols is 1. The monoisotopic (exact) mass is 1070 g/mol. The predicted molar refractivity (Wildman–Crippen MR) is 291 cm³/mol. The smallest absolute Gasteiger partial charge is 0.245 e. The highest BCUT2D eigenvalue weighted by atomic mass is 16.3. The summed E-state index contributed by atoms with van der Waals surface area (Å²) < 4.78 is 0. The molecule has 1 rings (SSSR count). The maximum Gasteiger partial charge on any atom is 0.245 e. The molecule has 0 fully saturated rings. The van der Waals surface area contributed by atoms with Gasteiger partial charge in [0.05, 0.1) is 19.1 Å². The number of hydrogen-bond acceptors (Lipinski definition) is 15. The van der Waals surface area contributed by atoms with Gasteiger partial charge in [-0.3, -0.25) is 48.3 Å². The number of nitrogens with zero attached hydrogens (tertiary/aromatic N) is 4. The lowest BCUT2D eigenvalue weighted by Crippen LogP contribution is -2.61. The Morgan fingerprint density at radius 1 is 0.553 bits per heavy atom. The number of primary amides is 1. The Hall–Kier alpha value is -6.84. The highest BCUT2D eigenvalue weighted by Crippen LogP contribution is 2.15. The van der Waals surface area contributed by atoms with Gasteiger partial charge in [0, 0.05) is 39.1 Å². The SMILES string of the molecule is CCC[C@H](NC(=O)[C@H](CCCN=C(N)N)NC(=O)CN(CCCN)C(=O)[C@@H](N)CCCN=C(N)N)C(=O)N[C@@H](Cc1ccc(O)cc1)C(=O)N[C@@H](CN)C(=O)N[C@@H](CCC(C)C)C(=O)N(CCCCCCN)CC(N)=O. The molecule has 0 radical (unpaired) electrons. The van der Waals surface area contributed by atoms with Gasteiger partial charge in [0.1, 0.15) is 36.0 Å². The van der Waals surface area contributed by atoms with E-state index in [1.165, 1.54) is 34.1 Å². The number of hydrogen-bond donors (Lipinski definition) is 15. The number of carbonyl (C=O) groups is 8. The molecule has 8 amide bonds. The molecule has 27 heteroatoms. The fourth-order valence-electron chi connectivity index (χ4n) is 7.80. The Bertz CT molecular complexity index is 2020. The van der Waals surface area contributed by atoms with Crippen molar-refractivity contribution in [1.82, 2.24) is 36.4 Å². The fourth-order valence-corrected chi connectivity index (χ4v) is 7.80. The highest BCUT2D eigenvalue weighted by molar-refractivity contribution is 5.97. The Balaban J connectivity index is 3.49. The standard InChI is InChI=1S/C49H90N18O9/c1-4-12-35(62-43(72)36(14-10-24-60-49(57)58)61-41(70)30-67(26-11-22-51)46(75)34(53)13-9-23-59-48(55)56)42(71)64-38(27-32-16-18-33(68)19-17-32)44(73)65-39(28-52)45(74)63-37(20-15-31(2)3)47(76)66(29-40(54)69)25-8-6-5-7-21-50/h16-19,31,34-39,68H,4-15,20-30,50-53H2,1-3H3,(H2,54,69)(H,61,70)(H,62,72)(H,63,74)(H,64,71)(H,65,73)(H4,55,56,59)(H4,57,58,60)/t34-,35-,36-,37-,38-,39-/m0/s1. The number of unbranched alkanes of at least 4 members (excludes halogenated alkanes) is 3. The number of nitrogens with two attached hydrogens (primary N) is 9.